The van der Waals surface area contributed by atoms with Crippen LogP contribution in [-0.4, -0.2) is 31.3 Å². The lowest BCUT2D eigenvalue weighted by Gasteiger charge is -2.04. The Bertz CT molecular complexity index is 1080. The van der Waals surface area contributed by atoms with Gasteiger partial charge in [0.1, 0.15) is 5.52 Å². The van der Waals surface area contributed by atoms with Crippen molar-refractivity contribution in [3.05, 3.63) is 60.2 Å². The molecular formula is C20H18N4OS. The summed E-state index contributed by atoms with van der Waals surface area (Å²) in [7, 11) is 0. The first-order valence-corrected chi connectivity index (χ1v) is 9.59. The standard InChI is InChI=1S/C20H18N4OS/c1-2-12-24-16-11-7-6-10-15(16)18-19(24)21-20(23-22-18)26-13-17(25)14-8-4-3-5-9-14/h3-11H,2,12-13H2,1H3. The van der Waals surface area contributed by atoms with E-state index in [1.54, 1.807) is 0 Å². The summed E-state index contributed by atoms with van der Waals surface area (Å²) in [5.74, 6) is 0.360. The van der Waals surface area contributed by atoms with Gasteiger partial charge in [-0.3, -0.25) is 4.79 Å². The summed E-state index contributed by atoms with van der Waals surface area (Å²) >= 11 is 1.33. The molecule has 0 aliphatic carbocycles. The van der Waals surface area contributed by atoms with E-state index < -0.39 is 0 Å². The molecule has 4 rings (SSSR count). The normalized spacial score (nSPS) is 11.3. The molecule has 0 unspecified atom stereocenters. The van der Waals surface area contributed by atoms with Crippen LogP contribution < -0.4 is 0 Å². The largest absolute Gasteiger partial charge is 0.324 e. The number of carbonyl (C=O) groups excluding carboxylic acids is 1. The van der Waals surface area contributed by atoms with Crippen LogP contribution in [0.3, 0.4) is 0 Å². The molecule has 5 nitrogen and oxygen atoms in total. The van der Waals surface area contributed by atoms with Gasteiger partial charge in [-0.15, -0.1) is 10.2 Å². The number of fused-ring (bicyclic) bond motifs is 3. The van der Waals surface area contributed by atoms with Crippen LogP contribution in [0.1, 0.15) is 23.7 Å². The lowest BCUT2D eigenvalue weighted by atomic mass is 10.2. The number of hydrogen-bond donors (Lipinski definition) is 0. The van der Waals surface area contributed by atoms with Gasteiger partial charge in [-0.2, -0.15) is 0 Å². The number of para-hydroxylation sites is 1. The van der Waals surface area contributed by atoms with Gasteiger partial charge in [0.15, 0.2) is 11.4 Å². The highest BCUT2D eigenvalue weighted by Crippen LogP contribution is 2.27. The van der Waals surface area contributed by atoms with Gasteiger partial charge < -0.3 is 4.57 Å². The highest BCUT2D eigenvalue weighted by Gasteiger charge is 2.15. The van der Waals surface area contributed by atoms with Gasteiger partial charge >= 0.3 is 0 Å². The van der Waals surface area contributed by atoms with Gasteiger partial charge in [0.25, 0.3) is 0 Å². The number of aryl methyl sites for hydroxylation is 1. The lowest BCUT2D eigenvalue weighted by molar-refractivity contribution is 0.102. The number of thioether (sulfide) groups is 1. The number of ketones is 1. The van der Waals surface area contributed by atoms with Gasteiger partial charge in [0, 0.05) is 17.5 Å². The van der Waals surface area contributed by atoms with Gasteiger partial charge in [0.05, 0.1) is 11.3 Å². The minimum absolute atomic E-state index is 0.0633. The minimum Gasteiger partial charge on any atom is -0.324 e. The SMILES string of the molecule is CCCn1c2ccccc2c2nnc(SCC(=O)c3ccccc3)nc21. The second-order valence-corrected chi connectivity index (χ2v) is 6.96. The minimum atomic E-state index is 0.0633. The third-order valence-corrected chi connectivity index (χ3v) is 5.07. The molecule has 2 heterocycles. The predicted molar refractivity (Wildman–Crippen MR) is 105 cm³/mol. The molecule has 2 aromatic carbocycles. The quantitative estimate of drug-likeness (QED) is 0.377. The van der Waals surface area contributed by atoms with Crippen LogP contribution >= 0.6 is 11.8 Å². The maximum absolute atomic E-state index is 12.3. The van der Waals surface area contributed by atoms with E-state index in [1.807, 2.05) is 48.5 Å². The summed E-state index contributed by atoms with van der Waals surface area (Å²) < 4.78 is 2.18. The molecule has 0 aliphatic heterocycles. The Morgan fingerprint density at radius 3 is 2.62 bits per heavy atom. The molecule has 0 atom stereocenters. The van der Waals surface area contributed by atoms with Crippen LogP contribution in [0.2, 0.25) is 0 Å². The Balaban J connectivity index is 1.66. The number of Topliss-reactive ketones (excluding diaryl/α,β-unsaturated/α-hetero) is 1. The molecule has 6 heteroatoms. The monoisotopic (exact) mass is 362 g/mol. The number of aromatic nitrogens is 4. The Hall–Kier alpha value is -2.73. The second-order valence-electron chi connectivity index (χ2n) is 6.01. The molecule has 0 radical (unpaired) electrons. The molecule has 0 saturated heterocycles. The molecule has 0 saturated carbocycles. The van der Waals surface area contributed by atoms with Crippen molar-refractivity contribution in [1.29, 1.82) is 0 Å². The van der Waals surface area contributed by atoms with Crippen molar-refractivity contribution in [2.24, 2.45) is 0 Å². The number of carbonyl (C=O) groups is 1. The Kier molecular flexibility index (Phi) is 4.67. The molecule has 0 amide bonds. The van der Waals surface area contributed by atoms with Crippen molar-refractivity contribution >= 4 is 39.6 Å². The Morgan fingerprint density at radius 2 is 1.81 bits per heavy atom. The van der Waals surface area contributed by atoms with Crippen molar-refractivity contribution in [2.45, 2.75) is 25.0 Å². The first-order chi connectivity index (χ1) is 12.8. The van der Waals surface area contributed by atoms with E-state index in [-0.39, 0.29) is 5.78 Å². The Morgan fingerprint density at radius 1 is 1.04 bits per heavy atom. The van der Waals surface area contributed by atoms with Crippen molar-refractivity contribution < 1.29 is 4.79 Å². The van der Waals surface area contributed by atoms with Crippen LogP contribution in [0, 0.1) is 0 Å². The fraction of sp³-hybridized carbons (Fsp3) is 0.200. The summed E-state index contributed by atoms with van der Waals surface area (Å²) in [5, 5.41) is 10.2. The predicted octanol–water partition coefficient (Wildman–Crippen LogP) is 4.36. The van der Waals surface area contributed by atoms with Gasteiger partial charge in [-0.25, -0.2) is 4.98 Å². The zero-order valence-corrected chi connectivity index (χ0v) is 15.2. The average Bonchev–Trinajstić information content (AvgIpc) is 3.00. The number of hydrogen-bond acceptors (Lipinski definition) is 5. The lowest BCUT2D eigenvalue weighted by Crippen LogP contribution is -2.04. The Labute approximate surface area is 155 Å². The van der Waals surface area contributed by atoms with Crippen LogP contribution in [0.25, 0.3) is 22.1 Å². The summed E-state index contributed by atoms with van der Waals surface area (Å²) in [5.41, 5.74) is 3.47. The molecular weight excluding hydrogens is 344 g/mol. The molecule has 4 aromatic rings. The molecule has 0 aliphatic rings. The van der Waals surface area contributed by atoms with E-state index in [2.05, 4.69) is 27.8 Å². The van der Waals surface area contributed by atoms with Gasteiger partial charge in [-0.05, 0) is 12.5 Å². The maximum atomic E-state index is 12.3. The third-order valence-electron chi connectivity index (χ3n) is 4.23. The zero-order valence-electron chi connectivity index (χ0n) is 14.4. The number of nitrogens with zero attached hydrogens (tertiary/aromatic N) is 4. The highest BCUT2D eigenvalue weighted by atomic mass is 32.2. The summed E-state index contributed by atoms with van der Waals surface area (Å²) in [6, 6.07) is 17.4. The zero-order chi connectivity index (χ0) is 17.9. The topological polar surface area (TPSA) is 60.7 Å². The fourth-order valence-electron chi connectivity index (χ4n) is 3.04. The van der Waals surface area contributed by atoms with E-state index in [0.717, 1.165) is 35.0 Å². The molecule has 130 valence electrons. The van der Waals surface area contributed by atoms with Gasteiger partial charge in [-0.1, -0.05) is 67.2 Å². The molecule has 0 fully saturated rings. The smallest absolute Gasteiger partial charge is 0.211 e. The molecule has 0 spiro atoms. The van der Waals surface area contributed by atoms with Crippen LogP contribution in [0.5, 0.6) is 0 Å². The van der Waals surface area contributed by atoms with Crippen LogP contribution in [0.15, 0.2) is 59.8 Å². The van der Waals surface area contributed by atoms with Crippen molar-refractivity contribution in [3.8, 4) is 0 Å². The fourth-order valence-corrected chi connectivity index (χ4v) is 3.71. The maximum Gasteiger partial charge on any atom is 0.211 e. The molecule has 0 N–H and O–H groups in total. The summed E-state index contributed by atoms with van der Waals surface area (Å²) in [6.45, 7) is 3.01. The molecule has 26 heavy (non-hydrogen) atoms. The molecule has 0 bridgehead atoms. The summed E-state index contributed by atoms with van der Waals surface area (Å²) in [6.07, 6.45) is 1.01. The van der Waals surface area contributed by atoms with E-state index in [0.29, 0.717) is 16.5 Å². The highest BCUT2D eigenvalue weighted by molar-refractivity contribution is 7.99. The van der Waals surface area contributed by atoms with Crippen LogP contribution in [0.4, 0.5) is 0 Å². The van der Waals surface area contributed by atoms with Crippen molar-refractivity contribution in [1.82, 2.24) is 19.7 Å². The van der Waals surface area contributed by atoms with E-state index in [4.69, 9.17) is 4.98 Å². The van der Waals surface area contributed by atoms with E-state index in [9.17, 15) is 4.79 Å². The first kappa shape index (κ1) is 16.7. The molecule has 2 aromatic heterocycles. The van der Waals surface area contributed by atoms with Gasteiger partial charge in [0.2, 0.25) is 5.16 Å². The number of rotatable bonds is 6. The van der Waals surface area contributed by atoms with Crippen LogP contribution in [-0.2, 0) is 6.54 Å². The van der Waals surface area contributed by atoms with E-state index >= 15 is 0 Å². The second kappa shape index (κ2) is 7.25. The van der Waals surface area contributed by atoms with Crippen molar-refractivity contribution in [2.75, 3.05) is 5.75 Å². The first-order valence-electron chi connectivity index (χ1n) is 8.60. The summed E-state index contributed by atoms with van der Waals surface area (Å²) in [4.78, 5) is 17.0. The van der Waals surface area contributed by atoms with E-state index in [1.165, 1.54) is 11.8 Å². The average molecular weight is 362 g/mol. The number of benzene rings is 2. The van der Waals surface area contributed by atoms with Crippen molar-refractivity contribution in [3.63, 3.8) is 0 Å². The third kappa shape index (κ3) is 3.08.